The number of carbonyl (C=O) groups excluding carboxylic acids is 1. The second-order valence-electron chi connectivity index (χ2n) is 5.87. The molecule has 0 saturated carbocycles. The first-order chi connectivity index (χ1) is 12.1. The van der Waals surface area contributed by atoms with E-state index in [1.807, 2.05) is 36.4 Å². The molecule has 1 heterocycles. The molecule has 2 aromatic rings. The summed E-state index contributed by atoms with van der Waals surface area (Å²) in [6, 6.07) is 15.1. The smallest absolute Gasteiger partial charge is 0.231 e. The highest BCUT2D eigenvalue weighted by Crippen LogP contribution is 2.23. The molecular weight excluding hydrogens is 318 g/mol. The molecule has 0 fully saturated rings. The Hall–Kier alpha value is -3.15. The fraction of sp³-hybridized carbons (Fsp3) is 0.211. The van der Waals surface area contributed by atoms with Crippen molar-refractivity contribution in [3.8, 4) is 0 Å². The molecule has 1 unspecified atom stereocenters. The van der Waals surface area contributed by atoms with Crippen LogP contribution in [0.15, 0.2) is 60.6 Å². The van der Waals surface area contributed by atoms with Crippen LogP contribution in [-0.2, 0) is 27.2 Å². The van der Waals surface area contributed by atoms with Gasteiger partial charge in [-0.25, -0.2) is 0 Å². The van der Waals surface area contributed by atoms with Crippen LogP contribution in [0, 0.1) is 5.92 Å². The van der Waals surface area contributed by atoms with Crippen molar-refractivity contribution in [3.05, 3.63) is 71.7 Å². The number of benzene rings is 2. The van der Waals surface area contributed by atoms with Crippen LogP contribution >= 0.6 is 0 Å². The lowest BCUT2D eigenvalue weighted by Gasteiger charge is -2.17. The first-order valence-corrected chi connectivity index (χ1v) is 8.03. The second kappa shape index (κ2) is 7.61. The maximum absolute atomic E-state index is 12.7. The number of amides is 1. The fourth-order valence-electron chi connectivity index (χ4n) is 2.65. The van der Waals surface area contributed by atoms with Crippen LogP contribution in [0.25, 0.3) is 0 Å². The number of nitrogen functional groups attached to an aromatic ring is 2. The predicted molar refractivity (Wildman–Crippen MR) is 95.9 cm³/mol. The van der Waals surface area contributed by atoms with Crippen molar-refractivity contribution in [2.45, 2.75) is 13.0 Å². The van der Waals surface area contributed by atoms with Gasteiger partial charge in [0.1, 0.15) is 17.9 Å². The van der Waals surface area contributed by atoms with Crippen LogP contribution in [0.3, 0.4) is 0 Å². The minimum atomic E-state index is -0.448. The van der Waals surface area contributed by atoms with Gasteiger partial charge in [0.2, 0.25) is 12.7 Å². The van der Waals surface area contributed by atoms with E-state index in [0.717, 1.165) is 11.1 Å². The van der Waals surface area contributed by atoms with Crippen LogP contribution in [0.1, 0.15) is 11.1 Å². The van der Waals surface area contributed by atoms with Gasteiger partial charge in [-0.1, -0.05) is 36.4 Å². The van der Waals surface area contributed by atoms with Gasteiger partial charge in [-0.3, -0.25) is 4.79 Å². The van der Waals surface area contributed by atoms with E-state index in [9.17, 15) is 4.79 Å². The molecule has 1 atom stereocenters. The van der Waals surface area contributed by atoms with Crippen molar-refractivity contribution >= 4 is 17.3 Å². The van der Waals surface area contributed by atoms with Crippen molar-refractivity contribution in [3.63, 3.8) is 0 Å². The summed E-state index contributed by atoms with van der Waals surface area (Å²) < 4.78 is 10.6. The molecule has 130 valence electrons. The third-order valence-electron chi connectivity index (χ3n) is 4.05. The van der Waals surface area contributed by atoms with E-state index in [4.69, 9.17) is 20.9 Å². The number of anilines is 2. The summed E-state index contributed by atoms with van der Waals surface area (Å²) in [4.78, 5) is 12.7. The molecule has 6 nitrogen and oxygen atoms in total. The number of ether oxygens (including phenoxy) is 2. The van der Waals surface area contributed by atoms with E-state index in [2.05, 4.69) is 5.32 Å². The van der Waals surface area contributed by atoms with Crippen molar-refractivity contribution in [2.75, 3.05) is 18.3 Å². The Morgan fingerprint density at radius 3 is 2.56 bits per heavy atom. The van der Waals surface area contributed by atoms with Crippen LogP contribution < -0.4 is 16.8 Å². The zero-order chi connectivity index (χ0) is 17.6. The van der Waals surface area contributed by atoms with Crippen molar-refractivity contribution < 1.29 is 14.3 Å². The van der Waals surface area contributed by atoms with E-state index in [1.54, 1.807) is 12.1 Å². The van der Waals surface area contributed by atoms with E-state index in [1.165, 1.54) is 6.26 Å². The molecule has 2 aromatic carbocycles. The van der Waals surface area contributed by atoms with Crippen LogP contribution in [0.5, 0.6) is 0 Å². The van der Waals surface area contributed by atoms with Crippen LogP contribution in [0.4, 0.5) is 11.4 Å². The highest BCUT2D eigenvalue weighted by atomic mass is 16.7. The molecule has 6 heteroatoms. The monoisotopic (exact) mass is 339 g/mol. The Morgan fingerprint density at radius 2 is 1.88 bits per heavy atom. The quantitative estimate of drug-likeness (QED) is 0.701. The summed E-state index contributed by atoms with van der Waals surface area (Å²) in [7, 11) is 0. The first-order valence-electron chi connectivity index (χ1n) is 8.03. The topological polar surface area (TPSA) is 99.6 Å². The Kier molecular flexibility index (Phi) is 5.09. The lowest BCUT2D eigenvalue weighted by molar-refractivity contribution is -0.125. The fourth-order valence-corrected chi connectivity index (χ4v) is 2.65. The van der Waals surface area contributed by atoms with Gasteiger partial charge in [-0.05, 0) is 29.7 Å². The molecule has 0 spiro atoms. The van der Waals surface area contributed by atoms with Gasteiger partial charge < -0.3 is 26.3 Å². The molecule has 0 saturated heterocycles. The average molecular weight is 339 g/mol. The second-order valence-corrected chi connectivity index (χ2v) is 5.87. The molecule has 0 aliphatic carbocycles. The molecule has 1 aliphatic rings. The Labute approximate surface area is 146 Å². The highest BCUT2D eigenvalue weighted by Gasteiger charge is 2.27. The average Bonchev–Trinajstić information content (AvgIpc) is 3.15. The van der Waals surface area contributed by atoms with Crippen molar-refractivity contribution in [1.29, 1.82) is 0 Å². The maximum Gasteiger partial charge on any atom is 0.231 e. The third kappa shape index (κ3) is 4.23. The van der Waals surface area contributed by atoms with Gasteiger partial charge >= 0.3 is 0 Å². The van der Waals surface area contributed by atoms with Gasteiger partial charge in [-0.15, -0.1) is 0 Å². The van der Waals surface area contributed by atoms with E-state index < -0.39 is 5.92 Å². The number of hydrogen-bond acceptors (Lipinski definition) is 5. The molecule has 0 aromatic heterocycles. The molecule has 1 amide bonds. The van der Waals surface area contributed by atoms with Crippen molar-refractivity contribution in [2.24, 2.45) is 5.92 Å². The van der Waals surface area contributed by atoms with E-state index in [-0.39, 0.29) is 12.7 Å². The number of hydrogen-bond donors (Lipinski definition) is 3. The molecule has 0 bridgehead atoms. The third-order valence-corrected chi connectivity index (χ3v) is 4.05. The summed E-state index contributed by atoms with van der Waals surface area (Å²) >= 11 is 0. The van der Waals surface area contributed by atoms with Gasteiger partial charge in [0, 0.05) is 6.54 Å². The summed E-state index contributed by atoms with van der Waals surface area (Å²) in [5.74, 6) is -0.0369. The molecular formula is C19H21N3O3. The molecule has 1 aliphatic heterocycles. The standard InChI is InChI=1S/C19H21N3O3/c20-16-7-6-14(9-17(16)21)10-22-19(23)15(18-11-24-12-25-18)8-13-4-2-1-3-5-13/h1-7,9,11,15H,8,10,12,20-21H2,(H,22,23). The van der Waals surface area contributed by atoms with E-state index >= 15 is 0 Å². The number of nitrogens with one attached hydrogen (secondary N) is 1. The number of nitrogens with two attached hydrogens (primary N) is 2. The molecule has 25 heavy (non-hydrogen) atoms. The predicted octanol–water partition coefficient (Wildman–Crippen LogP) is 2.17. The van der Waals surface area contributed by atoms with Gasteiger partial charge in [0.25, 0.3) is 0 Å². The maximum atomic E-state index is 12.7. The Bertz CT molecular complexity index is 775. The number of rotatable bonds is 6. The lowest BCUT2D eigenvalue weighted by atomic mass is 9.96. The summed E-state index contributed by atoms with van der Waals surface area (Å²) in [5, 5.41) is 2.93. The molecule has 5 N–H and O–H groups in total. The summed E-state index contributed by atoms with van der Waals surface area (Å²) in [6.45, 7) is 0.505. The van der Waals surface area contributed by atoms with E-state index in [0.29, 0.717) is 30.1 Å². The molecule has 0 radical (unpaired) electrons. The Morgan fingerprint density at radius 1 is 1.08 bits per heavy atom. The normalized spacial score (nSPS) is 14.2. The SMILES string of the molecule is Nc1ccc(CNC(=O)C(Cc2ccccc2)C2=COCO2)cc1N. The zero-order valence-electron chi connectivity index (χ0n) is 13.8. The van der Waals surface area contributed by atoms with Crippen molar-refractivity contribution in [1.82, 2.24) is 5.32 Å². The summed E-state index contributed by atoms with van der Waals surface area (Å²) in [6.07, 6.45) is 2.04. The van der Waals surface area contributed by atoms with Crippen LogP contribution in [0.2, 0.25) is 0 Å². The minimum Gasteiger partial charge on any atom is -0.462 e. The number of carbonyl (C=O) groups is 1. The summed E-state index contributed by atoms with van der Waals surface area (Å²) in [5.41, 5.74) is 14.5. The largest absolute Gasteiger partial charge is 0.462 e. The lowest BCUT2D eigenvalue weighted by Crippen LogP contribution is -2.33. The first kappa shape index (κ1) is 16.7. The van der Waals surface area contributed by atoms with Crippen LogP contribution in [-0.4, -0.2) is 12.7 Å². The van der Waals surface area contributed by atoms with Gasteiger partial charge in [-0.2, -0.15) is 0 Å². The molecule has 3 rings (SSSR count). The minimum absolute atomic E-state index is 0.129. The van der Waals surface area contributed by atoms with Gasteiger partial charge in [0.15, 0.2) is 0 Å². The highest BCUT2D eigenvalue weighted by molar-refractivity contribution is 5.81. The Balaban J connectivity index is 1.69. The zero-order valence-corrected chi connectivity index (χ0v) is 13.8. The van der Waals surface area contributed by atoms with Gasteiger partial charge in [0.05, 0.1) is 11.4 Å².